The van der Waals surface area contributed by atoms with E-state index >= 15 is 0 Å². The smallest absolute Gasteiger partial charge is 0.239 e. The Morgan fingerprint density at radius 1 is 1.25 bits per heavy atom. The Labute approximate surface area is 128 Å². The van der Waals surface area contributed by atoms with Gasteiger partial charge in [-0.25, -0.2) is 0 Å². The van der Waals surface area contributed by atoms with Crippen LogP contribution in [-0.4, -0.2) is 35.8 Å². The van der Waals surface area contributed by atoms with E-state index in [0.717, 1.165) is 10.0 Å². The summed E-state index contributed by atoms with van der Waals surface area (Å²) in [6, 6.07) is 7.71. The highest BCUT2D eigenvalue weighted by Gasteiger charge is 2.16. The maximum atomic E-state index is 12.2. The Morgan fingerprint density at radius 2 is 1.85 bits per heavy atom. The normalized spacial score (nSPS) is 10.4. The van der Waals surface area contributed by atoms with E-state index in [4.69, 9.17) is 0 Å². The summed E-state index contributed by atoms with van der Waals surface area (Å²) in [6.07, 6.45) is 0.316. The van der Waals surface area contributed by atoms with Crippen molar-refractivity contribution in [2.45, 2.75) is 33.2 Å². The predicted octanol–water partition coefficient (Wildman–Crippen LogP) is 2.36. The number of rotatable bonds is 6. The number of hydrogen-bond donors (Lipinski definition) is 1. The fourth-order valence-corrected chi connectivity index (χ4v) is 2.07. The second kappa shape index (κ2) is 8.04. The van der Waals surface area contributed by atoms with Crippen molar-refractivity contribution >= 4 is 27.7 Å². The van der Waals surface area contributed by atoms with E-state index in [2.05, 4.69) is 21.2 Å². The summed E-state index contributed by atoms with van der Waals surface area (Å²) in [5.74, 6) is -0.153. The minimum Gasteiger partial charge on any atom is -0.352 e. The third kappa shape index (κ3) is 5.74. The number of carbonyl (C=O) groups is 2. The van der Waals surface area contributed by atoms with Gasteiger partial charge in [-0.1, -0.05) is 28.1 Å². The second-order valence-corrected chi connectivity index (χ2v) is 5.85. The standard InChI is InChI=1S/C15H21BrN2O2/c1-4-18(10-14(19)17-11(2)3)15(20)9-12-5-7-13(16)8-6-12/h5-8,11H,4,9-10H2,1-3H3,(H,17,19). The zero-order valence-corrected chi connectivity index (χ0v) is 13.7. The number of carbonyl (C=O) groups excluding carboxylic acids is 2. The summed E-state index contributed by atoms with van der Waals surface area (Å²) in [5, 5.41) is 2.79. The Balaban J connectivity index is 2.58. The van der Waals surface area contributed by atoms with Crippen LogP contribution in [0.3, 0.4) is 0 Å². The Hall–Kier alpha value is -1.36. The van der Waals surface area contributed by atoms with Gasteiger partial charge >= 0.3 is 0 Å². The van der Waals surface area contributed by atoms with Gasteiger partial charge in [-0.2, -0.15) is 0 Å². The van der Waals surface area contributed by atoms with Crippen LogP contribution in [0.1, 0.15) is 26.3 Å². The van der Waals surface area contributed by atoms with Gasteiger partial charge in [0, 0.05) is 17.1 Å². The molecule has 0 saturated carbocycles. The van der Waals surface area contributed by atoms with Crippen LogP contribution in [0.4, 0.5) is 0 Å². The van der Waals surface area contributed by atoms with E-state index in [0.29, 0.717) is 13.0 Å². The highest BCUT2D eigenvalue weighted by Crippen LogP contribution is 2.11. The van der Waals surface area contributed by atoms with Gasteiger partial charge in [-0.05, 0) is 38.5 Å². The van der Waals surface area contributed by atoms with Gasteiger partial charge in [0.25, 0.3) is 0 Å². The molecule has 5 heteroatoms. The molecule has 4 nitrogen and oxygen atoms in total. The summed E-state index contributed by atoms with van der Waals surface area (Å²) < 4.78 is 0.984. The second-order valence-electron chi connectivity index (χ2n) is 4.93. The van der Waals surface area contributed by atoms with Crippen molar-refractivity contribution in [3.8, 4) is 0 Å². The fourth-order valence-electron chi connectivity index (χ4n) is 1.81. The minimum atomic E-state index is -0.119. The Kier molecular flexibility index (Phi) is 6.71. The largest absolute Gasteiger partial charge is 0.352 e. The summed E-state index contributed by atoms with van der Waals surface area (Å²) in [5.41, 5.74) is 0.945. The van der Waals surface area contributed by atoms with Crippen LogP contribution in [0.15, 0.2) is 28.7 Å². The van der Waals surface area contributed by atoms with Gasteiger partial charge < -0.3 is 10.2 Å². The lowest BCUT2D eigenvalue weighted by Crippen LogP contribution is -2.43. The first kappa shape index (κ1) is 16.7. The molecule has 0 fully saturated rings. The third-order valence-corrected chi connectivity index (χ3v) is 3.32. The van der Waals surface area contributed by atoms with Crippen molar-refractivity contribution < 1.29 is 9.59 Å². The van der Waals surface area contributed by atoms with Gasteiger partial charge in [0.1, 0.15) is 0 Å². The molecule has 0 aliphatic heterocycles. The number of hydrogen-bond acceptors (Lipinski definition) is 2. The average molecular weight is 341 g/mol. The molecule has 1 N–H and O–H groups in total. The highest BCUT2D eigenvalue weighted by atomic mass is 79.9. The number of nitrogens with one attached hydrogen (secondary N) is 1. The van der Waals surface area contributed by atoms with Crippen molar-refractivity contribution in [2.24, 2.45) is 0 Å². The summed E-state index contributed by atoms with van der Waals surface area (Å²) in [4.78, 5) is 25.5. The summed E-state index contributed by atoms with van der Waals surface area (Å²) in [6.45, 7) is 6.32. The Morgan fingerprint density at radius 3 is 2.35 bits per heavy atom. The van der Waals surface area contributed by atoms with E-state index < -0.39 is 0 Å². The molecule has 1 aromatic rings. The van der Waals surface area contributed by atoms with Crippen LogP contribution in [0, 0.1) is 0 Å². The van der Waals surface area contributed by atoms with Crippen molar-refractivity contribution in [3.05, 3.63) is 34.3 Å². The van der Waals surface area contributed by atoms with Crippen molar-refractivity contribution in [1.82, 2.24) is 10.2 Å². The lowest BCUT2D eigenvalue weighted by atomic mass is 10.1. The van der Waals surface area contributed by atoms with E-state index in [9.17, 15) is 9.59 Å². The highest BCUT2D eigenvalue weighted by molar-refractivity contribution is 9.10. The fraction of sp³-hybridized carbons (Fsp3) is 0.467. The maximum Gasteiger partial charge on any atom is 0.239 e. The molecule has 20 heavy (non-hydrogen) atoms. The van der Waals surface area contributed by atoms with Crippen LogP contribution >= 0.6 is 15.9 Å². The number of likely N-dealkylation sites (N-methyl/N-ethyl adjacent to an activating group) is 1. The van der Waals surface area contributed by atoms with E-state index in [1.54, 1.807) is 4.90 Å². The Bertz CT molecular complexity index is 457. The molecular formula is C15H21BrN2O2. The lowest BCUT2D eigenvalue weighted by molar-refractivity contribution is -0.135. The molecule has 1 rings (SSSR count). The average Bonchev–Trinajstić information content (AvgIpc) is 2.37. The molecule has 0 unspecified atom stereocenters. The predicted molar refractivity (Wildman–Crippen MR) is 83.4 cm³/mol. The van der Waals surface area contributed by atoms with Gasteiger partial charge in [0.05, 0.1) is 13.0 Å². The molecule has 0 aromatic heterocycles. The molecular weight excluding hydrogens is 320 g/mol. The number of benzene rings is 1. The molecule has 0 heterocycles. The molecule has 0 radical (unpaired) electrons. The van der Waals surface area contributed by atoms with Crippen molar-refractivity contribution in [1.29, 1.82) is 0 Å². The van der Waals surface area contributed by atoms with E-state index in [1.165, 1.54) is 0 Å². The zero-order valence-electron chi connectivity index (χ0n) is 12.1. The first-order valence-corrected chi connectivity index (χ1v) is 7.53. The van der Waals surface area contributed by atoms with Gasteiger partial charge in [-0.3, -0.25) is 9.59 Å². The quantitative estimate of drug-likeness (QED) is 0.864. The molecule has 1 aromatic carbocycles. The van der Waals surface area contributed by atoms with Crippen molar-refractivity contribution in [3.63, 3.8) is 0 Å². The minimum absolute atomic E-state index is 0.0336. The summed E-state index contributed by atoms with van der Waals surface area (Å²) >= 11 is 3.36. The molecule has 110 valence electrons. The monoisotopic (exact) mass is 340 g/mol. The molecule has 0 aliphatic rings. The van der Waals surface area contributed by atoms with Crippen LogP contribution in [0.2, 0.25) is 0 Å². The van der Waals surface area contributed by atoms with Crippen LogP contribution in [0.5, 0.6) is 0 Å². The third-order valence-electron chi connectivity index (χ3n) is 2.79. The topological polar surface area (TPSA) is 49.4 Å². The molecule has 0 atom stereocenters. The van der Waals surface area contributed by atoms with Crippen LogP contribution in [-0.2, 0) is 16.0 Å². The first-order chi connectivity index (χ1) is 9.42. The van der Waals surface area contributed by atoms with Gasteiger partial charge in [0.15, 0.2) is 0 Å². The molecule has 0 spiro atoms. The van der Waals surface area contributed by atoms with Gasteiger partial charge in [0.2, 0.25) is 11.8 Å². The maximum absolute atomic E-state index is 12.2. The number of amides is 2. The summed E-state index contributed by atoms with van der Waals surface area (Å²) in [7, 11) is 0. The van der Waals surface area contributed by atoms with Crippen molar-refractivity contribution in [2.75, 3.05) is 13.1 Å². The zero-order chi connectivity index (χ0) is 15.1. The van der Waals surface area contributed by atoms with E-state index in [1.807, 2.05) is 45.0 Å². The first-order valence-electron chi connectivity index (χ1n) is 6.74. The lowest BCUT2D eigenvalue weighted by Gasteiger charge is -2.21. The SMILES string of the molecule is CCN(CC(=O)NC(C)C)C(=O)Cc1ccc(Br)cc1. The molecule has 0 saturated heterocycles. The van der Waals surface area contributed by atoms with Crippen LogP contribution < -0.4 is 5.32 Å². The molecule has 0 aliphatic carbocycles. The van der Waals surface area contributed by atoms with Gasteiger partial charge in [-0.15, -0.1) is 0 Å². The van der Waals surface area contributed by atoms with E-state index in [-0.39, 0.29) is 24.4 Å². The number of halogens is 1. The van der Waals surface area contributed by atoms with Crippen LogP contribution in [0.25, 0.3) is 0 Å². The molecule has 2 amide bonds. The molecule has 0 bridgehead atoms. The number of nitrogens with zero attached hydrogens (tertiary/aromatic N) is 1.